The number of para-hydroxylation sites is 1. The Morgan fingerprint density at radius 1 is 1.19 bits per heavy atom. The smallest absolute Gasteiger partial charge is 0.265 e. The van der Waals surface area contributed by atoms with Crippen molar-refractivity contribution in [2.45, 2.75) is 0 Å². The molecule has 5 heteroatoms. The Morgan fingerprint density at radius 2 is 1.94 bits per heavy atom. The van der Waals surface area contributed by atoms with Crippen molar-refractivity contribution in [1.82, 2.24) is 9.97 Å². The van der Waals surface area contributed by atoms with Crippen molar-refractivity contribution in [3.8, 4) is 0 Å². The number of nitrogens with zero attached hydrogens (tertiary/aromatic N) is 3. The van der Waals surface area contributed by atoms with Crippen molar-refractivity contribution in [1.29, 1.82) is 0 Å². The lowest BCUT2D eigenvalue weighted by Crippen LogP contribution is -2.37. The standard InChI is InChI=1S/C11H10N4O/c12-15(9-4-2-1-3-5-9)11(16)10-8-13-6-7-14-10/h1-8H,12H2. The molecule has 0 atom stereocenters. The summed E-state index contributed by atoms with van der Waals surface area (Å²) in [6, 6.07) is 8.95. The highest BCUT2D eigenvalue weighted by Crippen LogP contribution is 2.11. The van der Waals surface area contributed by atoms with Gasteiger partial charge in [-0.25, -0.2) is 15.8 Å². The molecule has 1 heterocycles. The lowest BCUT2D eigenvalue weighted by atomic mass is 10.3. The van der Waals surface area contributed by atoms with Gasteiger partial charge in [-0.3, -0.25) is 9.78 Å². The summed E-state index contributed by atoms with van der Waals surface area (Å²) in [6.07, 6.45) is 4.33. The van der Waals surface area contributed by atoms with Gasteiger partial charge in [-0.1, -0.05) is 18.2 Å². The third kappa shape index (κ3) is 2.04. The van der Waals surface area contributed by atoms with Gasteiger partial charge in [-0.2, -0.15) is 0 Å². The summed E-state index contributed by atoms with van der Waals surface area (Å²) < 4.78 is 0. The third-order valence-electron chi connectivity index (χ3n) is 2.04. The van der Waals surface area contributed by atoms with Crippen LogP contribution in [0.25, 0.3) is 0 Å². The number of hydrogen-bond acceptors (Lipinski definition) is 4. The Morgan fingerprint density at radius 3 is 2.56 bits per heavy atom. The topological polar surface area (TPSA) is 72.1 Å². The average molecular weight is 214 g/mol. The maximum atomic E-state index is 11.8. The van der Waals surface area contributed by atoms with Crippen LogP contribution < -0.4 is 10.9 Å². The van der Waals surface area contributed by atoms with Gasteiger partial charge in [0.15, 0.2) is 0 Å². The van der Waals surface area contributed by atoms with Crippen LogP contribution in [0.15, 0.2) is 48.9 Å². The second kappa shape index (κ2) is 4.50. The monoisotopic (exact) mass is 214 g/mol. The van der Waals surface area contributed by atoms with Crippen LogP contribution in [-0.2, 0) is 0 Å². The van der Waals surface area contributed by atoms with Gasteiger partial charge in [0.05, 0.1) is 11.9 Å². The van der Waals surface area contributed by atoms with Crippen LogP contribution in [0.4, 0.5) is 5.69 Å². The zero-order valence-corrected chi connectivity index (χ0v) is 8.45. The normalized spacial score (nSPS) is 9.81. The van der Waals surface area contributed by atoms with Gasteiger partial charge in [-0.05, 0) is 12.1 Å². The van der Waals surface area contributed by atoms with Crippen molar-refractivity contribution in [3.05, 3.63) is 54.6 Å². The number of hydrazine groups is 1. The lowest BCUT2D eigenvalue weighted by Gasteiger charge is -2.15. The van der Waals surface area contributed by atoms with E-state index < -0.39 is 0 Å². The molecule has 1 aromatic carbocycles. The number of carbonyl (C=O) groups is 1. The largest absolute Gasteiger partial charge is 0.292 e. The summed E-state index contributed by atoms with van der Waals surface area (Å²) >= 11 is 0. The molecule has 0 radical (unpaired) electrons. The van der Waals surface area contributed by atoms with Gasteiger partial charge in [0, 0.05) is 12.4 Å². The molecule has 0 aliphatic rings. The molecule has 0 aliphatic heterocycles. The Bertz CT molecular complexity index is 472. The number of rotatable bonds is 2. The molecule has 0 unspecified atom stereocenters. The summed E-state index contributed by atoms with van der Waals surface area (Å²) in [5, 5.41) is 1.05. The molecule has 5 nitrogen and oxygen atoms in total. The highest BCUT2D eigenvalue weighted by Gasteiger charge is 2.14. The summed E-state index contributed by atoms with van der Waals surface area (Å²) in [4.78, 5) is 19.6. The van der Waals surface area contributed by atoms with E-state index in [1.807, 2.05) is 6.07 Å². The highest BCUT2D eigenvalue weighted by atomic mass is 16.2. The van der Waals surface area contributed by atoms with E-state index in [1.54, 1.807) is 24.3 Å². The molecular weight excluding hydrogens is 204 g/mol. The SMILES string of the molecule is NN(C(=O)c1cnccn1)c1ccccc1. The Kier molecular flexibility index (Phi) is 2.88. The van der Waals surface area contributed by atoms with E-state index in [0.29, 0.717) is 5.69 Å². The molecule has 16 heavy (non-hydrogen) atoms. The fraction of sp³-hybridized carbons (Fsp3) is 0. The van der Waals surface area contributed by atoms with Gasteiger partial charge in [0.25, 0.3) is 5.91 Å². The first kappa shape index (κ1) is 10.3. The van der Waals surface area contributed by atoms with Crippen molar-refractivity contribution >= 4 is 11.6 Å². The van der Waals surface area contributed by atoms with E-state index in [2.05, 4.69) is 9.97 Å². The summed E-state index contributed by atoms with van der Waals surface area (Å²) in [5.41, 5.74) is 0.826. The van der Waals surface area contributed by atoms with Crippen LogP contribution in [0.1, 0.15) is 10.5 Å². The van der Waals surface area contributed by atoms with Crippen LogP contribution in [0.3, 0.4) is 0 Å². The number of nitrogens with two attached hydrogens (primary N) is 1. The first-order valence-corrected chi connectivity index (χ1v) is 4.69. The van der Waals surface area contributed by atoms with Gasteiger partial charge in [0.2, 0.25) is 0 Å². The van der Waals surface area contributed by atoms with E-state index >= 15 is 0 Å². The van der Waals surface area contributed by atoms with E-state index in [9.17, 15) is 4.79 Å². The van der Waals surface area contributed by atoms with Crippen molar-refractivity contribution in [2.75, 3.05) is 5.01 Å². The molecule has 80 valence electrons. The number of carbonyl (C=O) groups excluding carboxylic acids is 1. The second-order valence-electron chi connectivity index (χ2n) is 3.10. The van der Waals surface area contributed by atoms with Crippen LogP contribution >= 0.6 is 0 Å². The molecule has 1 amide bonds. The summed E-state index contributed by atoms with van der Waals surface area (Å²) in [7, 11) is 0. The molecule has 0 fully saturated rings. The molecule has 0 bridgehead atoms. The maximum Gasteiger partial charge on any atom is 0.292 e. The Hall–Kier alpha value is -2.27. The van der Waals surface area contributed by atoms with Crippen molar-refractivity contribution < 1.29 is 4.79 Å². The molecule has 2 rings (SSSR count). The van der Waals surface area contributed by atoms with Crippen LogP contribution in [0.5, 0.6) is 0 Å². The predicted molar refractivity (Wildman–Crippen MR) is 59.5 cm³/mol. The quantitative estimate of drug-likeness (QED) is 0.460. The Balaban J connectivity index is 2.24. The van der Waals surface area contributed by atoms with Crippen LogP contribution in [0, 0.1) is 0 Å². The number of benzene rings is 1. The van der Waals surface area contributed by atoms with Crippen LogP contribution in [0.2, 0.25) is 0 Å². The highest BCUT2D eigenvalue weighted by molar-refractivity contribution is 6.03. The first-order valence-electron chi connectivity index (χ1n) is 4.69. The Labute approximate surface area is 92.5 Å². The molecule has 0 saturated heterocycles. The maximum absolute atomic E-state index is 11.8. The number of amides is 1. The van der Waals surface area contributed by atoms with Gasteiger partial charge < -0.3 is 0 Å². The van der Waals surface area contributed by atoms with Crippen LogP contribution in [-0.4, -0.2) is 15.9 Å². The molecule has 0 saturated carbocycles. The van der Waals surface area contributed by atoms with Gasteiger partial charge in [0.1, 0.15) is 5.69 Å². The fourth-order valence-electron chi connectivity index (χ4n) is 1.24. The van der Waals surface area contributed by atoms with E-state index in [-0.39, 0.29) is 11.6 Å². The molecule has 0 spiro atoms. The molecule has 0 aliphatic carbocycles. The van der Waals surface area contributed by atoms with Crippen molar-refractivity contribution in [3.63, 3.8) is 0 Å². The van der Waals surface area contributed by atoms with Gasteiger partial charge in [-0.15, -0.1) is 0 Å². The summed E-state index contributed by atoms with van der Waals surface area (Å²) in [6.45, 7) is 0. The molecular formula is C11H10N4O. The molecule has 1 aromatic heterocycles. The lowest BCUT2D eigenvalue weighted by molar-refractivity contribution is 0.0981. The average Bonchev–Trinajstić information content (AvgIpc) is 2.39. The number of hydrogen-bond donors (Lipinski definition) is 1. The second-order valence-corrected chi connectivity index (χ2v) is 3.10. The number of anilines is 1. The van der Waals surface area contributed by atoms with E-state index in [4.69, 9.17) is 5.84 Å². The minimum atomic E-state index is -0.390. The minimum absolute atomic E-state index is 0.217. The fourth-order valence-corrected chi connectivity index (χ4v) is 1.24. The zero-order valence-electron chi connectivity index (χ0n) is 8.45. The molecule has 2 N–H and O–H groups in total. The number of aromatic nitrogens is 2. The molecule has 2 aromatic rings. The summed E-state index contributed by atoms with van der Waals surface area (Å²) in [5.74, 6) is 5.30. The predicted octanol–water partition coefficient (Wildman–Crippen LogP) is 0.997. The third-order valence-corrected chi connectivity index (χ3v) is 2.04. The van der Waals surface area contributed by atoms with E-state index in [1.165, 1.54) is 18.6 Å². The zero-order chi connectivity index (χ0) is 11.4. The van der Waals surface area contributed by atoms with Crippen molar-refractivity contribution in [2.24, 2.45) is 5.84 Å². The van der Waals surface area contributed by atoms with Gasteiger partial charge >= 0.3 is 0 Å². The minimum Gasteiger partial charge on any atom is -0.265 e. The first-order chi connectivity index (χ1) is 7.79. The van der Waals surface area contributed by atoms with E-state index in [0.717, 1.165) is 5.01 Å².